The van der Waals surface area contributed by atoms with E-state index in [2.05, 4.69) is 111 Å². The van der Waals surface area contributed by atoms with Crippen LogP contribution in [0.4, 0.5) is 0 Å². The zero-order chi connectivity index (χ0) is 30.4. The lowest BCUT2D eigenvalue weighted by atomic mass is 10.0. The number of benzene rings is 3. The molecule has 2 heteroatoms. The Morgan fingerprint density at radius 3 is 0.909 bits per heavy atom. The standard InChI is InChI=1S/C42H50S2/c1-3-5-7-9-11-13-15-33-17-21-35(22-18-33)39-29-31-41(43-39)37-25-27-38(28-26-37)42-32-30-40(44-42)36-23-19-34(20-24-36)16-14-12-10-8-6-4-2/h17-32H,3-16H2,1-2H3. The summed E-state index contributed by atoms with van der Waals surface area (Å²) in [7, 11) is 0. The van der Waals surface area contributed by atoms with E-state index >= 15 is 0 Å². The molecular weight excluding hydrogens is 569 g/mol. The van der Waals surface area contributed by atoms with Crippen molar-refractivity contribution in [3.63, 3.8) is 0 Å². The topological polar surface area (TPSA) is 0 Å². The molecule has 0 radical (unpaired) electrons. The molecule has 2 heterocycles. The average molecular weight is 619 g/mol. The first-order valence-corrected chi connectivity index (χ1v) is 18.9. The molecule has 0 aliphatic carbocycles. The van der Waals surface area contributed by atoms with Gasteiger partial charge in [-0.1, -0.05) is 151 Å². The maximum absolute atomic E-state index is 2.33. The molecule has 0 aliphatic rings. The summed E-state index contributed by atoms with van der Waals surface area (Å²) in [5.74, 6) is 0. The highest BCUT2D eigenvalue weighted by Crippen LogP contribution is 2.38. The van der Waals surface area contributed by atoms with Gasteiger partial charge in [0.25, 0.3) is 0 Å². The first-order chi connectivity index (χ1) is 21.7. The van der Waals surface area contributed by atoms with E-state index < -0.39 is 0 Å². The lowest BCUT2D eigenvalue weighted by Crippen LogP contribution is -1.86. The highest BCUT2D eigenvalue weighted by atomic mass is 32.1. The maximum Gasteiger partial charge on any atom is 0.0349 e. The molecule has 0 amide bonds. The molecular formula is C42H50S2. The van der Waals surface area contributed by atoms with E-state index in [0.717, 1.165) is 0 Å². The van der Waals surface area contributed by atoms with E-state index in [0.29, 0.717) is 0 Å². The SMILES string of the molecule is CCCCCCCCc1ccc(-c2ccc(-c3ccc(-c4ccc(-c5ccc(CCCCCCCC)cc5)s4)cc3)s2)cc1. The van der Waals surface area contributed by atoms with Crippen molar-refractivity contribution in [2.24, 2.45) is 0 Å². The minimum absolute atomic E-state index is 1.20. The molecule has 0 unspecified atom stereocenters. The molecule has 0 nitrogen and oxygen atoms in total. The van der Waals surface area contributed by atoms with Gasteiger partial charge in [0, 0.05) is 19.5 Å². The predicted molar refractivity (Wildman–Crippen MR) is 198 cm³/mol. The Hall–Kier alpha value is -2.94. The second-order valence-electron chi connectivity index (χ2n) is 12.3. The second-order valence-corrected chi connectivity index (χ2v) is 14.5. The van der Waals surface area contributed by atoms with Crippen LogP contribution in [-0.2, 0) is 12.8 Å². The van der Waals surface area contributed by atoms with E-state index in [4.69, 9.17) is 0 Å². The van der Waals surface area contributed by atoms with Gasteiger partial charge in [0.2, 0.25) is 0 Å². The van der Waals surface area contributed by atoms with Crippen LogP contribution in [0.2, 0.25) is 0 Å². The average Bonchev–Trinajstić information content (AvgIpc) is 3.76. The van der Waals surface area contributed by atoms with Crippen LogP contribution in [0.3, 0.4) is 0 Å². The van der Waals surface area contributed by atoms with Crippen molar-refractivity contribution in [2.45, 2.75) is 104 Å². The van der Waals surface area contributed by atoms with Crippen LogP contribution < -0.4 is 0 Å². The van der Waals surface area contributed by atoms with Gasteiger partial charge in [-0.25, -0.2) is 0 Å². The summed E-state index contributed by atoms with van der Waals surface area (Å²) in [4.78, 5) is 5.35. The fraction of sp³-hybridized carbons (Fsp3) is 0.381. The van der Waals surface area contributed by atoms with Crippen LogP contribution in [-0.4, -0.2) is 0 Å². The van der Waals surface area contributed by atoms with Crippen LogP contribution >= 0.6 is 22.7 Å². The molecule has 5 rings (SSSR count). The molecule has 5 aromatic rings. The van der Waals surface area contributed by atoms with Gasteiger partial charge >= 0.3 is 0 Å². The number of aryl methyl sites for hydroxylation is 2. The molecule has 44 heavy (non-hydrogen) atoms. The summed E-state index contributed by atoms with van der Waals surface area (Å²) >= 11 is 3.78. The van der Waals surface area contributed by atoms with Gasteiger partial charge in [-0.05, 0) is 83.3 Å². The van der Waals surface area contributed by atoms with Crippen LogP contribution in [0.25, 0.3) is 41.8 Å². The zero-order valence-corrected chi connectivity index (χ0v) is 28.6. The van der Waals surface area contributed by atoms with E-state index in [-0.39, 0.29) is 0 Å². The van der Waals surface area contributed by atoms with Crippen LogP contribution in [0.15, 0.2) is 97.1 Å². The van der Waals surface area contributed by atoms with Crippen molar-refractivity contribution >= 4 is 22.7 Å². The Bertz CT molecular complexity index is 1380. The van der Waals surface area contributed by atoms with Crippen molar-refractivity contribution in [3.8, 4) is 41.8 Å². The molecule has 0 N–H and O–H groups in total. The van der Waals surface area contributed by atoms with E-state index in [1.54, 1.807) is 0 Å². The summed E-state index contributed by atoms with van der Waals surface area (Å²) < 4.78 is 0. The summed E-state index contributed by atoms with van der Waals surface area (Å²) in [6.07, 6.45) is 18.7. The van der Waals surface area contributed by atoms with Gasteiger partial charge in [0.15, 0.2) is 0 Å². The Labute approximate surface area is 275 Å². The first kappa shape index (κ1) is 32.5. The molecule has 0 spiro atoms. The molecule has 3 aromatic carbocycles. The predicted octanol–water partition coefficient (Wildman–Crippen LogP) is 14.3. The molecule has 0 saturated heterocycles. The smallest absolute Gasteiger partial charge is 0.0349 e. The third kappa shape index (κ3) is 9.53. The number of hydrogen-bond donors (Lipinski definition) is 0. The summed E-state index contributed by atoms with van der Waals surface area (Å²) in [5, 5.41) is 0. The largest absolute Gasteiger partial charge is 0.135 e. The zero-order valence-electron chi connectivity index (χ0n) is 27.0. The quantitative estimate of drug-likeness (QED) is 0.0857. The van der Waals surface area contributed by atoms with Crippen molar-refractivity contribution in [3.05, 3.63) is 108 Å². The van der Waals surface area contributed by atoms with Gasteiger partial charge in [0.05, 0.1) is 0 Å². The lowest BCUT2D eigenvalue weighted by Gasteiger charge is -2.04. The van der Waals surface area contributed by atoms with Gasteiger partial charge in [0.1, 0.15) is 0 Å². The van der Waals surface area contributed by atoms with Crippen LogP contribution in [0.1, 0.15) is 102 Å². The van der Waals surface area contributed by atoms with E-state index in [9.17, 15) is 0 Å². The summed E-state index contributed by atoms with van der Waals surface area (Å²) in [5.41, 5.74) is 8.17. The fourth-order valence-electron chi connectivity index (χ4n) is 5.99. The molecule has 0 bridgehead atoms. The first-order valence-electron chi connectivity index (χ1n) is 17.2. The lowest BCUT2D eigenvalue weighted by molar-refractivity contribution is 0.607. The van der Waals surface area contributed by atoms with Crippen molar-refractivity contribution in [1.29, 1.82) is 0 Å². The normalized spacial score (nSPS) is 11.3. The number of rotatable bonds is 18. The van der Waals surface area contributed by atoms with Gasteiger partial charge in [-0.3, -0.25) is 0 Å². The molecule has 0 fully saturated rings. The summed E-state index contributed by atoms with van der Waals surface area (Å²) in [6.45, 7) is 4.57. The van der Waals surface area contributed by atoms with Gasteiger partial charge in [-0.15, -0.1) is 22.7 Å². The van der Waals surface area contributed by atoms with E-state index in [1.807, 2.05) is 22.7 Å². The summed E-state index contributed by atoms with van der Waals surface area (Å²) in [6, 6.07) is 36.8. The van der Waals surface area contributed by atoms with Crippen LogP contribution in [0.5, 0.6) is 0 Å². The Balaban J connectivity index is 1.13. The number of unbranched alkanes of at least 4 members (excludes halogenated alkanes) is 10. The molecule has 2 aromatic heterocycles. The van der Waals surface area contributed by atoms with Crippen molar-refractivity contribution in [2.75, 3.05) is 0 Å². The maximum atomic E-state index is 2.33. The fourth-order valence-corrected chi connectivity index (χ4v) is 8.02. The van der Waals surface area contributed by atoms with Crippen molar-refractivity contribution < 1.29 is 0 Å². The second kappa shape index (κ2) is 17.5. The highest BCUT2D eigenvalue weighted by Gasteiger charge is 2.09. The number of thiophene rings is 2. The number of hydrogen-bond acceptors (Lipinski definition) is 2. The molecule has 0 aliphatic heterocycles. The van der Waals surface area contributed by atoms with Gasteiger partial charge in [-0.2, -0.15) is 0 Å². The minimum atomic E-state index is 1.20. The molecule has 230 valence electrons. The Morgan fingerprint density at radius 2 is 0.591 bits per heavy atom. The Kier molecular flexibility index (Phi) is 12.9. The third-order valence-corrected chi connectivity index (χ3v) is 11.1. The molecule has 0 atom stereocenters. The van der Waals surface area contributed by atoms with Crippen molar-refractivity contribution in [1.82, 2.24) is 0 Å². The van der Waals surface area contributed by atoms with Crippen LogP contribution in [0, 0.1) is 0 Å². The Morgan fingerprint density at radius 1 is 0.318 bits per heavy atom. The van der Waals surface area contributed by atoms with Gasteiger partial charge < -0.3 is 0 Å². The van der Waals surface area contributed by atoms with E-state index in [1.165, 1.54) is 143 Å². The molecule has 0 saturated carbocycles. The monoisotopic (exact) mass is 618 g/mol. The third-order valence-electron chi connectivity index (χ3n) is 8.78. The highest BCUT2D eigenvalue weighted by molar-refractivity contribution is 7.19. The minimum Gasteiger partial charge on any atom is -0.135 e.